The summed E-state index contributed by atoms with van der Waals surface area (Å²) in [7, 11) is 0. The average Bonchev–Trinajstić information content (AvgIpc) is 3.30. The van der Waals surface area contributed by atoms with Crippen LogP contribution in [0.2, 0.25) is 0 Å². The molecular weight excluding hydrogens is 356 g/mol. The molecular formula is C21H14N4OS. The first kappa shape index (κ1) is 16.8. The topological polar surface area (TPSA) is 80.8 Å². The zero-order valence-electron chi connectivity index (χ0n) is 14.2. The van der Waals surface area contributed by atoms with Crippen molar-refractivity contribution in [1.82, 2.24) is 9.78 Å². The summed E-state index contributed by atoms with van der Waals surface area (Å²) < 4.78 is 7.71. The molecule has 0 atom stereocenters. The van der Waals surface area contributed by atoms with E-state index in [1.54, 1.807) is 10.8 Å². The molecule has 2 N–H and O–H groups in total. The van der Waals surface area contributed by atoms with Gasteiger partial charge in [0, 0.05) is 17.1 Å². The van der Waals surface area contributed by atoms with E-state index >= 15 is 0 Å². The number of hydrogen-bond donors (Lipinski definition) is 1. The maximum Gasteiger partial charge on any atom is 0.156 e. The van der Waals surface area contributed by atoms with E-state index in [1.807, 2.05) is 72.9 Å². The van der Waals surface area contributed by atoms with Gasteiger partial charge in [-0.25, -0.2) is 4.68 Å². The fourth-order valence-electron chi connectivity index (χ4n) is 2.81. The number of hydrogen-bond acceptors (Lipinski definition) is 4. The SMILES string of the molecule is N#C/C(=C/c1cn(-c2ccccc2)nc1-c1cc2ccccc2o1)C(N)=S. The monoisotopic (exact) mass is 370 g/mol. The van der Waals surface area contributed by atoms with Crippen LogP contribution in [0.1, 0.15) is 5.56 Å². The molecule has 0 aliphatic carbocycles. The third-order valence-corrected chi connectivity index (χ3v) is 4.33. The molecule has 2 aromatic heterocycles. The van der Waals surface area contributed by atoms with Crippen LogP contribution in [0.25, 0.3) is 34.2 Å². The summed E-state index contributed by atoms with van der Waals surface area (Å²) in [6.07, 6.45) is 3.46. The van der Waals surface area contributed by atoms with Gasteiger partial charge in [-0.15, -0.1) is 0 Å². The number of rotatable bonds is 4. The second-order valence-corrected chi connectivity index (χ2v) is 6.34. The molecule has 130 valence electrons. The Morgan fingerprint density at radius 1 is 1.15 bits per heavy atom. The lowest BCUT2D eigenvalue weighted by Crippen LogP contribution is -2.09. The Morgan fingerprint density at radius 3 is 2.59 bits per heavy atom. The van der Waals surface area contributed by atoms with Crippen molar-refractivity contribution in [2.75, 3.05) is 0 Å². The number of para-hydroxylation sites is 2. The van der Waals surface area contributed by atoms with E-state index in [1.165, 1.54) is 0 Å². The largest absolute Gasteiger partial charge is 0.454 e. The molecule has 0 aliphatic heterocycles. The van der Waals surface area contributed by atoms with Gasteiger partial charge in [0.05, 0.1) is 11.3 Å². The molecule has 0 fully saturated rings. The minimum atomic E-state index is 0.0421. The van der Waals surface area contributed by atoms with E-state index in [0.717, 1.165) is 16.7 Å². The van der Waals surface area contributed by atoms with Gasteiger partial charge in [-0.3, -0.25) is 0 Å². The number of furan rings is 1. The molecule has 4 rings (SSSR count). The minimum Gasteiger partial charge on any atom is -0.454 e. The first-order valence-electron chi connectivity index (χ1n) is 8.21. The van der Waals surface area contributed by atoms with Crippen molar-refractivity contribution in [3.05, 3.63) is 78.0 Å². The van der Waals surface area contributed by atoms with Crippen LogP contribution >= 0.6 is 12.2 Å². The van der Waals surface area contributed by atoms with Crippen LogP contribution in [0, 0.1) is 11.3 Å². The van der Waals surface area contributed by atoms with Crippen LogP contribution in [0.3, 0.4) is 0 Å². The van der Waals surface area contributed by atoms with E-state index in [2.05, 4.69) is 5.10 Å². The predicted molar refractivity (Wildman–Crippen MR) is 109 cm³/mol. The van der Waals surface area contributed by atoms with Crippen LogP contribution in [-0.2, 0) is 0 Å². The van der Waals surface area contributed by atoms with Gasteiger partial charge in [0.25, 0.3) is 0 Å². The van der Waals surface area contributed by atoms with Gasteiger partial charge in [0.1, 0.15) is 22.3 Å². The highest BCUT2D eigenvalue weighted by molar-refractivity contribution is 7.80. The van der Waals surface area contributed by atoms with E-state index in [0.29, 0.717) is 17.0 Å². The summed E-state index contributed by atoms with van der Waals surface area (Å²) in [6.45, 7) is 0. The number of fused-ring (bicyclic) bond motifs is 1. The molecule has 2 aromatic carbocycles. The van der Waals surface area contributed by atoms with E-state index in [9.17, 15) is 5.26 Å². The first-order chi connectivity index (χ1) is 13.2. The van der Waals surface area contributed by atoms with Crippen molar-refractivity contribution in [3.8, 4) is 23.2 Å². The number of benzene rings is 2. The molecule has 5 nitrogen and oxygen atoms in total. The maximum absolute atomic E-state index is 9.32. The summed E-state index contributed by atoms with van der Waals surface area (Å²) in [5, 5.41) is 15.0. The van der Waals surface area contributed by atoms with Gasteiger partial charge in [-0.05, 0) is 30.3 Å². The van der Waals surface area contributed by atoms with Crippen LogP contribution < -0.4 is 5.73 Å². The van der Waals surface area contributed by atoms with E-state index in [-0.39, 0.29) is 10.6 Å². The third kappa shape index (κ3) is 3.24. The Labute approximate surface area is 160 Å². The number of nitrogens with two attached hydrogens (primary N) is 1. The smallest absolute Gasteiger partial charge is 0.156 e. The average molecular weight is 370 g/mol. The van der Waals surface area contributed by atoms with E-state index < -0.39 is 0 Å². The summed E-state index contributed by atoms with van der Waals surface area (Å²) >= 11 is 4.96. The highest BCUT2D eigenvalue weighted by atomic mass is 32.1. The molecule has 0 saturated carbocycles. The molecule has 0 amide bonds. The van der Waals surface area contributed by atoms with E-state index in [4.69, 9.17) is 22.4 Å². The molecule has 0 spiro atoms. The second-order valence-electron chi connectivity index (χ2n) is 5.90. The Balaban J connectivity index is 1.92. The fourth-order valence-corrected chi connectivity index (χ4v) is 2.91. The highest BCUT2D eigenvalue weighted by Gasteiger charge is 2.16. The molecule has 0 bridgehead atoms. The lowest BCUT2D eigenvalue weighted by atomic mass is 10.1. The van der Waals surface area contributed by atoms with Gasteiger partial charge in [0.15, 0.2) is 5.76 Å². The first-order valence-corrected chi connectivity index (χ1v) is 8.62. The van der Waals surface area contributed by atoms with Crippen molar-refractivity contribution in [2.45, 2.75) is 0 Å². The van der Waals surface area contributed by atoms with Crippen molar-refractivity contribution < 1.29 is 4.42 Å². The third-order valence-electron chi connectivity index (χ3n) is 4.11. The zero-order valence-corrected chi connectivity index (χ0v) is 15.0. The molecule has 27 heavy (non-hydrogen) atoms. The fraction of sp³-hybridized carbons (Fsp3) is 0. The quantitative estimate of drug-likeness (QED) is 0.325. The van der Waals surface area contributed by atoms with Crippen molar-refractivity contribution in [3.63, 3.8) is 0 Å². The summed E-state index contributed by atoms with van der Waals surface area (Å²) in [4.78, 5) is 0.0421. The van der Waals surface area contributed by atoms with Gasteiger partial charge < -0.3 is 10.2 Å². The summed E-state index contributed by atoms with van der Waals surface area (Å²) in [6, 6.07) is 21.4. The summed E-state index contributed by atoms with van der Waals surface area (Å²) in [5.74, 6) is 0.609. The molecule has 0 saturated heterocycles. The van der Waals surface area contributed by atoms with Crippen molar-refractivity contribution >= 4 is 34.3 Å². The Kier molecular flexibility index (Phi) is 4.29. The summed E-state index contributed by atoms with van der Waals surface area (Å²) in [5.41, 5.74) is 8.84. The maximum atomic E-state index is 9.32. The lowest BCUT2D eigenvalue weighted by Gasteiger charge is -1.98. The Bertz CT molecular complexity index is 1180. The standard InChI is InChI=1S/C21H14N4OS/c22-12-15(21(23)27)10-16-13-25(17-7-2-1-3-8-17)24-20(16)19-11-14-6-4-5-9-18(14)26-19/h1-11,13H,(H2,23,27)/b15-10-. The number of nitrogens with zero attached hydrogens (tertiary/aromatic N) is 3. The van der Waals surface area contributed by atoms with Crippen molar-refractivity contribution in [1.29, 1.82) is 5.26 Å². The van der Waals surface area contributed by atoms with Gasteiger partial charge in [-0.1, -0.05) is 48.6 Å². The molecule has 6 heteroatoms. The molecule has 0 radical (unpaired) electrons. The number of aromatic nitrogens is 2. The van der Waals surface area contributed by atoms with Gasteiger partial charge >= 0.3 is 0 Å². The zero-order chi connectivity index (χ0) is 18.8. The Hall–Kier alpha value is -3.69. The highest BCUT2D eigenvalue weighted by Crippen LogP contribution is 2.31. The van der Waals surface area contributed by atoms with Crippen LogP contribution in [0.15, 0.2) is 76.9 Å². The van der Waals surface area contributed by atoms with Crippen molar-refractivity contribution in [2.24, 2.45) is 5.73 Å². The van der Waals surface area contributed by atoms with Gasteiger partial charge in [-0.2, -0.15) is 10.4 Å². The Morgan fingerprint density at radius 2 is 1.89 bits per heavy atom. The lowest BCUT2D eigenvalue weighted by molar-refractivity contribution is 0.627. The normalized spacial score (nSPS) is 11.4. The van der Waals surface area contributed by atoms with Crippen LogP contribution in [0.5, 0.6) is 0 Å². The molecule has 4 aromatic rings. The molecule has 0 aliphatic rings. The molecule has 2 heterocycles. The number of thiocarbonyl (C=S) groups is 1. The minimum absolute atomic E-state index is 0.0421. The van der Waals surface area contributed by atoms with Crippen LogP contribution in [-0.4, -0.2) is 14.8 Å². The number of nitriles is 1. The van der Waals surface area contributed by atoms with Crippen LogP contribution in [0.4, 0.5) is 0 Å². The van der Waals surface area contributed by atoms with Gasteiger partial charge in [0.2, 0.25) is 0 Å². The predicted octanol–water partition coefficient (Wildman–Crippen LogP) is 4.48. The molecule has 0 unspecified atom stereocenters. The second kappa shape index (κ2) is 6.90.